The Bertz CT molecular complexity index is 1350. The van der Waals surface area contributed by atoms with E-state index in [4.69, 9.17) is 11.6 Å². The summed E-state index contributed by atoms with van der Waals surface area (Å²) in [6.45, 7) is 4.85. The molecule has 0 unspecified atom stereocenters. The number of rotatable bonds is 11. The second kappa shape index (κ2) is 12.9. The molecule has 1 N–H and O–H groups in total. The van der Waals surface area contributed by atoms with Crippen molar-refractivity contribution >= 4 is 39.1 Å². The Kier molecular flexibility index (Phi) is 9.88. The zero-order valence-electron chi connectivity index (χ0n) is 21.5. The van der Waals surface area contributed by atoms with E-state index >= 15 is 0 Å². The molecule has 0 saturated heterocycles. The summed E-state index contributed by atoms with van der Waals surface area (Å²) in [7, 11) is -4.25. The normalized spacial score (nSPS) is 12.9. The van der Waals surface area contributed by atoms with Crippen LogP contribution in [0.15, 0.2) is 83.8 Å². The summed E-state index contributed by atoms with van der Waals surface area (Å²) in [5.74, 6) is -1.53. The fourth-order valence-electron chi connectivity index (χ4n) is 3.74. The molecule has 2 atom stereocenters. The molecule has 0 bridgehead atoms. The van der Waals surface area contributed by atoms with Crippen molar-refractivity contribution in [3.63, 3.8) is 0 Å². The van der Waals surface area contributed by atoms with Crippen LogP contribution in [-0.2, 0) is 26.2 Å². The number of benzene rings is 3. The van der Waals surface area contributed by atoms with Crippen LogP contribution in [0, 0.1) is 5.82 Å². The lowest BCUT2D eigenvalue weighted by Crippen LogP contribution is -2.52. The number of para-hydroxylation sites is 1. The zero-order chi connectivity index (χ0) is 27.9. The minimum absolute atomic E-state index is 0.0354. The number of carbonyl (C=O) groups is 2. The van der Waals surface area contributed by atoms with Crippen LogP contribution in [0.1, 0.15) is 32.8 Å². The van der Waals surface area contributed by atoms with Crippen molar-refractivity contribution in [3.05, 3.63) is 95.3 Å². The minimum atomic E-state index is -4.25. The Morgan fingerprint density at radius 3 is 2.24 bits per heavy atom. The number of nitrogens with zero attached hydrogens (tertiary/aromatic N) is 2. The molecule has 0 aliphatic rings. The molecule has 0 heterocycles. The summed E-state index contributed by atoms with van der Waals surface area (Å²) in [6, 6.07) is 18.4. The van der Waals surface area contributed by atoms with Gasteiger partial charge in [0.25, 0.3) is 10.0 Å². The van der Waals surface area contributed by atoms with Crippen molar-refractivity contribution in [2.24, 2.45) is 0 Å². The Morgan fingerprint density at radius 2 is 1.63 bits per heavy atom. The van der Waals surface area contributed by atoms with Crippen molar-refractivity contribution < 1.29 is 22.4 Å². The third kappa shape index (κ3) is 7.33. The fourth-order valence-corrected chi connectivity index (χ4v) is 5.36. The van der Waals surface area contributed by atoms with Gasteiger partial charge >= 0.3 is 0 Å². The van der Waals surface area contributed by atoms with Crippen molar-refractivity contribution in [2.75, 3.05) is 10.8 Å². The lowest BCUT2D eigenvalue weighted by molar-refractivity contribution is -0.139. The van der Waals surface area contributed by atoms with E-state index in [2.05, 4.69) is 5.32 Å². The van der Waals surface area contributed by atoms with Gasteiger partial charge in [0, 0.05) is 17.6 Å². The molecule has 2 amide bonds. The monoisotopic (exact) mass is 559 g/mol. The molecule has 0 spiro atoms. The van der Waals surface area contributed by atoms with Crippen molar-refractivity contribution in [1.82, 2.24) is 10.2 Å². The second-order valence-electron chi connectivity index (χ2n) is 8.95. The molecule has 3 rings (SSSR count). The molecule has 0 aromatic heterocycles. The Hall–Kier alpha value is -3.43. The summed E-state index contributed by atoms with van der Waals surface area (Å²) >= 11 is 6.14. The average Bonchev–Trinajstić information content (AvgIpc) is 2.90. The number of carbonyl (C=O) groups excluding carboxylic acids is 2. The number of hydrogen-bond donors (Lipinski definition) is 1. The zero-order valence-corrected chi connectivity index (χ0v) is 23.0. The maximum absolute atomic E-state index is 13.8. The van der Waals surface area contributed by atoms with Gasteiger partial charge in [-0.15, -0.1) is 0 Å². The van der Waals surface area contributed by atoms with Crippen LogP contribution in [0.4, 0.5) is 10.1 Å². The van der Waals surface area contributed by atoms with E-state index in [1.54, 1.807) is 61.5 Å². The van der Waals surface area contributed by atoms with Gasteiger partial charge in [-0.25, -0.2) is 12.8 Å². The number of amides is 2. The van der Waals surface area contributed by atoms with Crippen molar-refractivity contribution in [1.29, 1.82) is 0 Å². The van der Waals surface area contributed by atoms with Gasteiger partial charge in [-0.3, -0.25) is 13.9 Å². The molecule has 202 valence electrons. The van der Waals surface area contributed by atoms with E-state index in [9.17, 15) is 22.4 Å². The highest BCUT2D eigenvalue weighted by atomic mass is 35.5. The van der Waals surface area contributed by atoms with Crippen LogP contribution in [0.25, 0.3) is 0 Å². The Balaban J connectivity index is 2.00. The third-order valence-electron chi connectivity index (χ3n) is 6.13. The lowest BCUT2D eigenvalue weighted by Gasteiger charge is -2.32. The predicted molar refractivity (Wildman–Crippen MR) is 147 cm³/mol. The maximum Gasteiger partial charge on any atom is 0.264 e. The van der Waals surface area contributed by atoms with Crippen molar-refractivity contribution in [2.45, 2.75) is 50.7 Å². The fraction of sp³-hybridized carbons (Fsp3) is 0.286. The molecule has 38 heavy (non-hydrogen) atoms. The van der Waals surface area contributed by atoms with Crippen LogP contribution < -0.4 is 9.62 Å². The van der Waals surface area contributed by atoms with E-state index in [1.165, 1.54) is 4.90 Å². The number of halogens is 2. The molecule has 0 aliphatic heterocycles. The Labute approximate surface area is 228 Å². The smallest absolute Gasteiger partial charge is 0.264 e. The molecule has 3 aromatic carbocycles. The molecule has 0 aliphatic carbocycles. The van der Waals surface area contributed by atoms with Gasteiger partial charge in [-0.05, 0) is 74.4 Å². The highest BCUT2D eigenvalue weighted by molar-refractivity contribution is 7.92. The SMILES string of the molecule is CC[C@@H](C)NC(=O)[C@@H](C)N(Cc1cccc(Cl)c1)C(=O)CN(c1ccccc1)S(=O)(=O)c1ccc(F)cc1. The van der Waals surface area contributed by atoms with Crippen LogP contribution >= 0.6 is 11.6 Å². The van der Waals surface area contributed by atoms with E-state index < -0.39 is 34.3 Å². The number of hydrogen-bond acceptors (Lipinski definition) is 4. The van der Waals surface area contributed by atoms with Crippen LogP contribution in [0.5, 0.6) is 0 Å². The summed E-state index contributed by atoms with van der Waals surface area (Å²) in [5.41, 5.74) is 0.936. The van der Waals surface area contributed by atoms with E-state index in [0.29, 0.717) is 17.0 Å². The standard InChI is InChI=1S/C28H31ClFN3O4S/c1-4-20(2)31-28(35)21(3)32(18-22-9-8-10-23(29)17-22)27(34)19-33(25-11-6-5-7-12-25)38(36,37)26-15-13-24(30)14-16-26/h5-17,20-21H,4,18-19H2,1-3H3,(H,31,35)/t20-,21-/m1/s1. The lowest BCUT2D eigenvalue weighted by atomic mass is 10.1. The van der Waals surface area contributed by atoms with E-state index in [1.807, 2.05) is 13.8 Å². The van der Waals surface area contributed by atoms with E-state index in [0.717, 1.165) is 28.6 Å². The number of anilines is 1. The minimum Gasteiger partial charge on any atom is -0.352 e. The topological polar surface area (TPSA) is 86.8 Å². The molecule has 3 aromatic rings. The third-order valence-corrected chi connectivity index (χ3v) is 8.16. The highest BCUT2D eigenvalue weighted by Gasteiger charge is 2.32. The average molecular weight is 560 g/mol. The van der Waals surface area contributed by atoms with E-state index in [-0.39, 0.29) is 29.1 Å². The van der Waals surface area contributed by atoms with Crippen LogP contribution in [0.3, 0.4) is 0 Å². The molecule has 0 radical (unpaired) electrons. The Morgan fingerprint density at radius 1 is 0.974 bits per heavy atom. The number of nitrogens with one attached hydrogen (secondary N) is 1. The number of sulfonamides is 1. The summed E-state index contributed by atoms with van der Waals surface area (Å²) in [5, 5.41) is 3.35. The van der Waals surface area contributed by atoms with Crippen molar-refractivity contribution in [3.8, 4) is 0 Å². The molecule has 10 heteroatoms. The molecule has 7 nitrogen and oxygen atoms in total. The predicted octanol–water partition coefficient (Wildman–Crippen LogP) is 5.01. The first-order chi connectivity index (χ1) is 18.0. The molecule has 0 fully saturated rings. The van der Waals surface area contributed by atoms with Gasteiger partial charge in [0.15, 0.2) is 0 Å². The maximum atomic E-state index is 13.8. The second-order valence-corrected chi connectivity index (χ2v) is 11.2. The highest BCUT2D eigenvalue weighted by Crippen LogP contribution is 2.25. The summed E-state index contributed by atoms with van der Waals surface area (Å²) in [6.07, 6.45) is 0.707. The first-order valence-corrected chi connectivity index (χ1v) is 14.0. The van der Waals surface area contributed by atoms with Gasteiger partial charge in [-0.1, -0.05) is 48.9 Å². The first kappa shape index (κ1) is 29.1. The largest absolute Gasteiger partial charge is 0.352 e. The van der Waals surface area contributed by atoms with Gasteiger partial charge in [-0.2, -0.15) is 0 Å². The van der Waals surface area contributed by atoms with Gasteiger partial charge in [0.1, 0.15) is 18.4 Å². The first-order valence-electron chi connectivity index (χ1n) is 12.2. The van der Waals surface area contributed by atoms with Gasteiger partial charge in [0.2, 0.25) is 11.8 Å². The molecular formula is C28H31ClFN3O4S. The summed E-state index contributed by atoms with van der Waals surface area (Å²) in [4.78, 5) is 28.0. The molecule has 0 saturated carbocycles. The quantitative estimate of drug-likeness (QED) is 0.358. The van der Waals surface area contributed by atoms with Crippen LogP contribution in [0.2, 0.25) is 5.02 Å². The van der Waals surface area contributed by atoms with Gasteiger partial charge in [0.05, 0.1) is 10.6 Å². The van der Waals surface area contributed by atoms with Gasteiger partial charge < -0.3 is 10.2 Å². The molecular weight excluding hydrogens is 529 g/mol. The summed E-state index contributed by atoms with van der Waals surface area (Å²) < 4.78 is 41.7. The van der Waals surface area contributed by atoms with Crippen LogP contribution in [-0.4, -0.2) is 43.8 Å².